The molecule has 656 valence electrons. The maximum absolute atomic E-state index is 14.8. The molecule has 5 amide bonds. The summed E-state index contributed by atoms with van der Waals surface area (Å²) in [5, 5.41) is 25.0. The molecule has 5 saturated heterocycles. The molecule has 35 heteroatoms. The third-order valence-electron chi connectivity index (χ3n) is 27.4. The summed E-state index contributed by atoms with van der Waals surface area (Å²) in [6.45, 7) is 4.96. The van der Waals surface area contributed by atoms with Gasteiger partial charge in [-0.25, -0.2) is 82.7 Å². The lowest BCUT2D eigenvalue weighted by atomic mass is 10.0. The van der Waals surface area contributed by atoms with Gasteiger partial charge in [0.1, 0.15) is 98.7 Å². The van der Waals surface area contributed by atoms with E-state index in [1.807, 2.05) is 46.5 Å². The first-order chi connectivity index (χ1) is 63.4. The molecule has 3 N–H and O–H groups in total. The van der Waals surface area contributed by atoms with Crippen molar-refractivity contribution < 1.29 is 64.5 Å². The van der Waals surface area contributed by atoms with Gasteiger partial charge in [0.25, 0.3) is 0 Å². The van der Waals surface area contributed by atoms with Crippen molar-refractivity contribution in [2.75, 3.05) is 93.7 Å². The van der Waals surface area contributed by atoms with Crippen LogP contribution in [0.15, 0.2) is 177 Å². The Balaban J connectivity index is 0.000000106. The van der Waals surface area contributed by atoms with Crippen molar-refractivity contribution in [2.45, 2.75) is 125 Å². The number of hydrogen-bond donors (Lipinski definition) is 3. The molecule has 0 spiro atoms. The van der Waals surface area contributed by atoms with Crippen molar-refractivity contribution in [3.8, 4) is 0 Å². The zero-order chi connectivity index (χ0) is 91.7. The molecular weight excluding hydrogens is 1660 g/mol. The van der Waals surface area contributed by atoms with Crippen molar-refractivity contribution in [1.29, 1.82) is 0 Å². The number of rotatable bonds is 13. The van der Waals surface area contributed by atoms with E-state index in [1.165, 1.54) is 94.6 Å². The van der Waals surface area contributed by atoms with Gasteiger partial charge in [0, 0.05) is 124 Å². The minimum atomic E-state index is -2.17. The number of anilines is 8. The van der Waals surface area contributed by atoms with E-state index in [0.29, 0.717) is 106 Å². The average Bonchev–Trinajstić information content (AvgIpc) is 1.54. The van der Waals surface area contributed by atoms with Crippen LogP contribution < -0.4 is 40.4 Å². The minimum Gasteiger partial charge on any atom is -0.446 e. The van der Waals surface area contributed by atoms with Gasteiger partial charge in [-0.1, -0.05) is 37.8 Å². The molecule has 6 aliphatic heterocycles. The van der Waals surface area contributed by atoms with Crippen LogP contribution in [0, 0.1) is 76.1 Å². The molecule has 13 aromatic rings. The van der Waals surface area contributed by atoms with Gasteiger partial charge in [0.05, 0.1) is 46.9 Å². The number of likely N-dealkylation sites (N-methyl/N-ethyl adjacent to an activating group) is 1. The van der Waals surface area contributed by atoms with Gasteiger partial charge in [0.2, 0.25) is 0 Å². The number of nitrogens with one attached hydrogen (secondary N) is 3. The van der Waals surface area contributed by atoms with E-state index in [2.05, 4.69) is 79.7 Å². The minimum absolute atomic E-state index is 0.0437. The van der Waals surface area contributed by atoms with Gasteiger partial charge < -0.3 is 49.7 Å². The van der Waals surface area contributed by atoms with Gasteiger partial charge in [-0.15, -0.1) is 0 Å². The molecule has 5 aromatic carbocycles. The van der Waals surface area contributed by atoms with E-state index >= 15 is 0 Å². The lowest BCUT2D eigenvalue weighted by Gasteiger charge is -2.30. The molecular formula is C93H88F8N22O5. The third kappa shape index (κ3) is 13.8. The monoisotopic (exact) mass is 1750 g/mol. The quantitative estimate of drug-likeness (QED) is 0.0716. The summed E-state index contributed by atoms with van der Waals surface area (Å²) in [5.74, 6) is -2.19. The maximum Gasteiger partial charge on any atom is 0.412 e. The third-order valence-corrected chi connectivity index (χ3v) is 27.4. The standard InChI is InChI=1S/C26H21F2N5.C23H24F2N6O.C23H23F2N5O2.C21H20F2N6O2/c1-16-20-5-3-2-4-17(20)15-31(16)23-14-29-33-11-9-24(30-25(23)33)32-10-8-18-13-26(18,32)21-12-19(27)6-7-22(21)28;1-14-4-7-29(13-14)22(32)27-19-12-26-31-9-6-20(28-21(19)31)30-8-5-15-11-23(15,30)17-10-16(24)2-3-18(17)25;24-15-5-6-18(25)17(11-15)23-12-14(23)7-9-29(23)20-8-10-30-21(28-20)19(13-26-30)27-22(31)32-16-3-1-2-4-16;1-27(2)20(31)19(30)25-16-11-24-29-8-6-17(26-18(16)29)28-7-5-12-10-21(12,28)14-9-13(22)3-4-15(14)23/h2-7,9,11-12,14,18H,1,8,10,13,15H2;2-3,6,9-10,12,14-15H,4-5,7-8,11,13H2,1H3,(H,27,32);5-6,8,10-11,13-14,16H,1-4,7,9,12H2,(H,27,31);3-4,6,8-9,11-12H,5,7,10H2,1-2H3,(H,25,30)/t18-,26+;14-,15-,23+;14-,23+;12-,21+/m0000/s1/i;7D2,13D2;;. The Hall–Kier alpha value is -13.8. The molecule has 8 aromatic heterocycles. The number of ether oxygens (including phenoxy) is 1. The first kappa shape index (κ1) is 76.7. The van der Waals surface area contributed by atoms with Gasteiger partial charge >= 0.3 is 23.9 Å². The molecule has 128 heavy (non-hydrogen) atoms. The highest BCUT2D eigenvalue weighted by Crippen LogP contribution is 2.67. The molecule has 5 aliphatic carbocycles. The van der Waals surface area contributed by atoms with Gasteiger partial charge in [0.15, 0.2) is 22.6 Å². The Bertz CT molecular complexity index is 6920. The molecule has 0 unspecified atom stereocenters. The zero-order valence-corrected chi connectivity index (χ0v) is 69.6. The first-order valence-electron chi connectivity index (χ1n) is 44.8. The summed E-state index contributed by atoms with van der Waals surface area (Å²) in [4.78, 5) is 80.5. The summed E-state index contributed by atoms with van der Waals surface area (Å²) in [5.41, 5.74) is 5.98. The molecule has 27 nitrogen and oxygen atoms in total. The predicted molar refractivity (Wildman–Crippen MR) is 460 cm³/mol. The van der Waals surface area contributed by atoms with Gasteiger partial charge in [-0.05, 0) is 216 Å². The number of nitrogens with zero attached hydrogens (tertiary/aromatic N) is 19. The topological polar surface area (TPSA) is 257 Å². The Morgan fingerprint density at radius 3 is 1.25 bits per heavy atom. The van der Waals surface area contributed by atoms with E-state index in [4.69, 9.17) is 20.2 Å². The number of fused-ring (bicyclic) bond motifs is 9. The molecule has 10 fully saturated rings. The SMILES string of the molecule is C=C1c2ccccc2CN1c1cnn2ccc(N3CC[C@H]4C[C@]43c3cc(F)ccc3F)nc12.CN(C)C(=O)C(=O)Nc1cnn2ccc(N3CC[C@H]4C[C@]43c3cc(F)ccc3F)nc12.O=C(Nc1cnn2ccc(N3CC[C@H]4C[C@]43c3cc(F)ccc3F)nc12)OC1CCCC1.[2H]C1([2H])C[C@H](C)C([2H])([2H])N1C(=O)Nc1cnn2ccc(N3CC[C@H]4C[C@]43c3cc(F)ccc3F)nc12. The number of likely N-dealkylation sites (tertiary alicyclic amines) is 1. The van der Waals surface area contributed by atoms with E-state index in [0.717, 1.165) is 136 Å². The molecule has 5 saturated carbocycles. The Kier molecular flexibility index (Phi) is 18.6. The molecule has 14 heterocycles. The van der Waals surface area contributed by atoms with Gasteiger partial charge in [-0.3, -0.25) is 14.9 Å². The first-order valence-corrected chi connectivity index (χ1v) is 42.8. The van der Waals surface area contributed by atoms with Crippen LogP contribution in [0.1, 0.15) is 129 Å². The second-order valence-electron chi connectivity index (χ2n) is 34.9. The fraction of sp³-hybridized carbons (Fsp3) is 0.355. The van der Waals surface area contributed by atoms with Crippen molar-refractivity contribution in [2.24, 2.45) is 29.6 Å². The number of amides is 5. The predicted octanol–water partition coefficient (Wildman–Crippen LogP) is 15.9. The smallest absolute Gasteiger partial charge is 0.412 e. The van der Waals surface area contributed by atoms with E-state index in [1.54, 1.807) is 46.7 Å². The van der Waals surface area contributed by atoms with Crippen LogP contribution in [0.4, 0.5) is 90.7 Å². The fourth-order valence-corrected chi connectivity index (χ4v) is 21.0. The Morgan fingerprint density at radius 1 is 0.477 bits per heavy atom. The van der Waals surface area contributed by atoms with E-state index in [9.17, 15) is 54.3 Å². The number of urea groups is 1. The van der Waals surface area contributed by atoms with Gasteiger partial charge in [-0.2, -0.15) is 20.4 Å². The molecule has 11 aliphatic rings. The van der Waals surface area contributed by atoms with Crippen LogP contribution in [-0.2, 0) is 43.0 Å². The highest BCUT2D eigenvalue weighted by atomic mass is 19.2. The number of halogens is 8. The van der Waals surface area contributed by atoms with E-state index < -0.39 is 106 Å². The normalized spacial score (nSPS) is 25.4. The number of benzene rings is 5. The van der Waals surface area contributed by atoms with Crippen LogP contribution in [0.25, 0.3) is 28.3 Å². The number of piperidine rings is 4. The molecule has 0 radical (unpaired) electrons. The molecule has 24 rings (SSSR count). The summed E-state index contributed by atoms with van der Waals surface area (Å²) in [7, 11) is 2.97. The van der Waals surface area contributed by atoms with Crippen LogP contribution in [0.2, 0.25) is 0 Å². The van der Waals surface area contributed by atoms with Crippen LogP contribution in [0.5, 0.6) is 0 Å². The Labute approximate surface area is 733 Å². The summed E-state index contributed by atoms with van der Waals surface area (Å²) >= 11 is 0. The highest BCUT2D eigenvalue weighted by Gasteiger charge is 2.68. The second-order valence-corrected chi connectivity index (χ2v) is 34.9. The van der Waals surface area contributed by atoms with E-state index in [-0.39, 0.29) is 47.4 Å². The zero-order valence-electron chi connectivity index (χ0n) is 73.6. The lowest BCUT2D eigenvalue weighted by Crippen LogP contribution is -2.35. The number of carbonyl (C=O) groups is 4. The van der Waals surface area contributed by atoms with Crippen LogP contribution in [0.3, 0.4) is 0 Å². The van der Waals surface area contributed by atoms with Crippen LogP contribution in [-0.4, -0.2) is 152 Å². The fourth-order valence-electron chi connectivity index (χ4n) is 21.0. The molecule has 9 atom stereocenters. The summed E-state index contributed by atoms with van der Waals surface area (Å²) in [6.07, 6.45) is 22.8. The lowest BCUT2D eigenvalue weighted by molar-refractivity contribution is -0.141. The summed E-state index contributed by atoms with van der Waals surface area (Å²) < 4.78 is 159. The highest BCUT2D eigenvalue weighted by molar-refractivity contribution is 6.39. The van der Waals surface area contributed by atoms with Crippen molar-refractivity contribution >= 4 is 98.2 Å². The van der Waals surface area contributed by atoms with Crippen LogP contribution >= 0.6 is 0 Å². The number of carbonyl (C=O) groups excluding carboxylic acids is 4. The average molecular weight is 1750 g/mol. The molecule has 0 bridgehead atoms. The second kappa shape index (κ2) is 31.1. The number of aromatic nitrogens is 12. The number of hydrogen-bond acceptors (Lipinski definition) is 18. The van der Waals surface area contributed by atoms with Crippen molar-refractivity contribution in [3.63, 3.8) is 0 Å². The van der Waals surface area contributed by atoms with Crippen molar-refractivity contribution in [3.05, 3.63) is 257 Å². The largest absolute Gasteiger partial charge is 0.446 e. The maximum atomic E-state index is 14.8. The van der Waals surface area contributed by atoms with Crippen molar-refractivity contribution in [1.82, 2.24) is 68.2 Å². The Morgan fingerprint density at radius 2 is 0.859 bits per heavy atom. The summed E-state index contributed by atoms with van der Waals surface area (Å²) in [6, 6.07) is 29.0.